The number of benzene rings is 1. The van der Waals surface area contributed by atoms with Gasteiger partial charge in [-0.15, -0.1) is 0 Å². The summed E-state index contributed by atoms with van der Waals surface area (Å²) in [6, 6.07) is 6.72. The summed E-state index contributed by atoms with van der Waals surface area (Å²) >= 11 is 0. The minimum Gasteiger partial charge on any atom is -0.491 e. The van der Waals surface area contributed by atoms with Gasteiger partial charge in [0, 0.05) is 12.1 Å². The Labute approximate surface area is 199 Å². The fourth-order valence-electron chi connectivity index (χ4n) is 3.47. The second-order valence-electron chi connectivity index (χ2n) is 10.4. The van der Waals surface area contributed by atoms with Crippen molar-refractivity contribution in [2.75, 3.05) is 0 Å². The largest absolute Gasteiger partial charge is 0.491 e. The molecule has 7 heteroatoms. The Morgan fingerprint density at radius 3 is 1.94 bits per heavy atom. The maximum Gasteiger partial charge on any atom is 0.407 e. The van der Waals surface area contributed by atoms with E-state index in [1.54, 1.807) is 0 Å². The van der Waals surface area contributed by atoms with Crippen LogP contribution < -0.4 is 15.4 Å². The Bertz CT molecular complexity index is 738. The highest BCUT2D eigenvalue weighted by atomic mass is 16.6. The molecule has 188 valence electrons. The van der Waals surface area contributed by atoms with Crippen LogP contribution in [0.5, 0.6) is 5.75 Å². The van der Waals surface area contributed by atoms with E-state index in [-0.39, 0.29) is 36.2 Å². The van der Waals surface area contributed by atoms with E-state index in [9.17, 15) is 9.59 Å². The number of esters is 1. The van der Waals surface area contributed by atoms with Gasteiger partial charge in [-0.1, -0.05) is 26.0 Å². The Morgan fingerprint density at radius 2 is 1.48 bits per heavy atom. The van der Waals surface area contributed by atoms with Gasteiger partial charge in [0.05, 0.1) is 12.2 Å². The second kappa shape index (κ2) is 12.8. The Morgan fingerprint density at radius 1 is 0.909 bits per heavy atom. The standard InChI is InChI=1S/C26H44N2O5/c1-16(2)23(28-25(30)33-26(8,9)10)19(7)27-22(24(29)32-18(5)6)15-20-11-13-21(14-12-20)31-17(3)4/h11-14,16-19,22-23,27H,15H2,1-10H3,(H,28,30). The van der Waals surface area contributed by atoms with E-state index in [2.05, 4.69) is 10.6 Å². The molecule has 3 unspecified atom stereocenters. The first-order valence-electron chi connectivity index (χ1n) is 11.9. The fraction of sp³-hybridized carbons (Fsp3) is 0.692. The van der Waals surface area contributed by atoms with Crippen molar-refractivity contribution in [1.29, 1.82) is 0 Å². The van der Waals surface area contributed by atoms with Crippen molar-refractivity contribution in [3.63, 3.8) is 0 Å². The molecule has 0 fully saturated rings. The number of hydrogen-bond donors (Lipinski definition) is 2. The zero-order valence-electron chi connectivity index (χ0n) is 22.0. The first kappa shape index (κ1) is 28.8. The third-order valence-electron chi connectivity index (χ3n) is 4.78. The molecule has 0 aromatic heterocycles. The second-order valence-corrected chi connectivity index (χ2v) is 10.4. The quantitative estimate of drug-likeness (QED) is 0.455. The summed E-state index contributed by atoms with van der Waals surface area (Å²) < 4.78 is 16.6. The molecular weight excluding hydrogens is 420 g/mol. The molecule has 1 rings (SSSR count). The van der Waals surface area contributed by atoms with Crippen molar-refractivity contribution in [2.45, 2.75) is 112 Å². The fourth-order valence-corrected chi connectivity index (χ4v) is 3.47. The minimum absolute atomic E-state index is 0.0950. The number of amides is 1. The summed E-state index contributed by atoms with van der Waals surface area (Å²) in [5, 5.41) is 6.35. The zero-order valence-corrected chi connectivity index (χ0v) is 22.0. The molecule has 1 amide bonds. The molecule has 0 heterocycles. The first-order valence-corrected chi connectivity index (χ1v) is 11.9. The number of ether oxygens (including phenoxy) is 3. The molecule has 0 aliphatic carbocycles. The molecule has 3 atom stereocenters. The van der Waals surface area contributed by atoms with Gasteiger partial charge in [0.2, 0.25) is 0 Å². The molecule has 0 aliphatic rings. The average molecular weight is 465 g/mol. The first-order chi connectivity index (χ1) is 15.2. The van der Waals surface area contributed by atoms with Crippen molar-refractivity contribution in [2.24, 2.45) is 5.92 Å². The number of alkyl carbamates (subject to hydrolysis) is 1. The number of carbonyl (C=O) groups excluding carboxylic acids is 2. The van der Waals surface area contributed by atoms with Crippen LogP contribution in [0.2, 0.25) is 0 Å². The molecule has 1 aromatic rings. The van der Waals surface area contributed by atoms with Crippen molar-refractivity contribution in [3.05, 3.63) is 29.8 Å². The van der Waals surface area contributed by atoms with Crippen LogP contribution in [0.3, 0.4) is 0 Å². The summed E-state index contributed by atoms with van der Waals surface area (Å²) in [5.41, 5.74) is 0.398. The lowest BCUT2D eigenvalue weighted by molar-refractivity contribution is -0.150. The molecule has 0 saturated carbocycles. The van der Waals surface area contributed by atoms with Gasteiger partial charge in [0.15, 0.2) is 0 Å². The normalized spacial score (nSPS) is 14.7. The molecule has 7 nitrogen and oxygen atoms in total. The maximum atomic E-state index is 12.9. The van der Waals surface area contributed by atoms with Crippen LogP contribution >= 0.6 is 0 Å². The van der Waals surface area contributed by atoms with Gasteiger partial charge in [0.25, 0.3) is 0 Å². The Balaban J connectivity index is 2.98. The van der Waals surface area contributed by atoms with E-state index in [1.165, 1.54) is 0 Å². The van der Waals surface area contributed by atoms with Crippen LogP contribution in [0.4, 0.5) is 4.79 Å². The van der Waals surface area contributed by atoms with Crippen molar-refractivity contribution in [1.82, 2.24) is 10.6 Å². The molecule has 33 heavy (non-hydrogen) atoms. The summed E-state index contributed by atoms with van der Waals surface area (Å²) in [5.74, 6) is 0.589. The molecule has 0 aliphatic heterocycles. The minimum atomic E-state index is -0.586. The number of carbonyl (C=O) groups is 2. The van der Waals surface area contributed by atoms with E-state index >= 15 is 0 Å². The van der Waals surface area contributed by atoms with Gasteiger partial charge in [-0.25, -0.2) is 4.79 Å². The van der Waals surface area contributed by atoms with E-state index < -0.39 is 17.7 Å². The number of hydrogen-bond acceptors (Lipinski definition) is 6. The van der Waals surface area contributed by atoms with Gasteiger partial charge in [-0.2, -0.15) is 0 Å². The zero-order chi connectivity index (χ0) is 25.3. The summed E-state index contributed by atoms with van der Waals surface area (Å²) in [4.78, 5) is 25.3. The highest BCUT2D eigenvalue weighted by molar-refractivity contribution is 5.76. The summed E-state index contributed by atoms with van der Waals surface area (Å²) in [6.45, 7) is 19.1. The van der Waals surface area contributed by atoms with Crippen LogP contribution in [-0.2, 0) is 20.7 Å². The molecule has 0 radical (unpaired) electrons. The third kappa shape index (κ3) is 11.4. The number of nitrogens with one attached hydrogen (secondary N) is 2. The monoisotopic (exact) mass is 464 g/mol. The Hall–Kier alpha value is -2.28. The molecule has 0 saturated heterocycles. The molecular formula is C26H44N2O5. The lowest BCUT2D eigenvalue weighted by atomic mass is 9.96. The highest BCUT2D eigenvalue weighted by Gasteiger charge is 2.30. The van der Waals surface area contributed by atoms with Gasteiger partial charge < -0.3 is 19.5 Å². The van der Waals surface area contributed by atoms with Gasteiger partial charge in [0.1, 0.15) is 17.4 Å². The third-order valence-corrected chi connectivity index (χ3v) is 4.78. The molecule has 1 aromatic carbocycles. The maximum absolute atomic E-state index is 12.9. The van der Waals surface area contributed by atoms with E-state index in [4.69, 9.17) is 14.2 Å². The van der Waals surface area contributed by atoms with Crippen molar-refractivity contribution < 1.29 is 23.8 Å². The van der Waals surface area contributed by atoms with Crippen molar-refractivity contribution in [3.8, 4) is 5.75 Å². The van der Waals surface area contributed by atoms with E-state index in [0.717, 1.165) is 11.3 Å². The smallest absolute Gasteiger partial charge is 0.407 e. The molecule has 2 N–H and O–H groups in total. The molecule has 0 spiro atoms. The van der Waals surface area contributed by atoms with E-state index in [0.29, 0.717) is 6.42 Å². The molecule has 0 bridgehead atoms. The average Bonchev–Trinajstić information content (AvgIpc) is 2.64. The van der Waals surface area contributed by atoms with E-state index in [1.807, 2.05) is 93.5 Å². The Kier molecular flexibility index (Phi) is 11.2. The summed E-state index contributed by atoms with van der Waals surface area (Å²) in [7, 11) is 0. The SMILES string of the molecule is CC(C)OC(=O)C(Cc1ccc(OC(C)C)cc1)NC(C)C(NC(=O)OC(C)(C)C)C(C)C. The van der Waals surface area contributed by atoms with Gasteiger partial charge in [-0.3, -0.25) is 10.1 Å². The van der Waals surface area contributed by atoms with Crippen LogP contribution in [0.1, 0.15) is 74.8 Å². The van der Waals surface area contributed by atoms with Gasteiger partial charge >= 0.3 is 12.1 Å². The number of rotatable bonds is 11. The predicted molar refractivity (Wildman–Crippen MR) is 132 cm³/mol. The predicted octanol–water partition coefficient (Wildman–Crippen LogP) is 4.86. The van der Waals surface area contributed by atoms with Crippen LogP contribution in [-0.4, -0.2) is 48.0 Å². The lowest BCUT2D eigenvalue weighted by Gasteiger charge is -2.33. The lowest BCUT2D eigenvalue weighted by Crippen LogP contribution is -2.56. The van der Waals surface area contributed by atoms with Gasteiger partial charge in [-0.05, 0) is 85.4 Å². The topological polar surface area (TPSA) is 85.9 Å². The highest BCUT2D eigenvalue weighted by Crippen LogP contribution is 2.17. The van der Waals surface area contributed by atoms with Crippen LogP contribution in [0, 0.1) is 5.92 Å². The van der Waals surface area contributed by atoms with Crippen molar-refractivity contribution >= 4 is 12.1 Å². The van der Waals surface area contributed by atoms with Crippen LogP contribution in [0.15, 0.2) is 24.3 Å². The van der Waals surface area contributed by atoms with Crippen LogP contribution in [0.25, 0.3) is 0 Å². The summed E-state index contributed by atoms with van der Waals surface area (Å²) in [6.07, 6.45) is -0.149.